The fourth-order valence-electron chi connectivity index (χ4n) is 3.24. The van der Waals surface area contributed by atoms with Gasteiger partial charge in [-0.3, -0.25) is 9.59 Å². The molecule has 0 saturated heterocycles. The van der Waals surface area contributed by atoms with Crippen LogP contribution in [-0.4, -0.2) is 39.6 Å². The second-order valence-electron chi connectivity index (χ2n) is 6.22. The van der Waals surface area contributed by atoms with Crippen molar-refractivity contribution < 1.29 is 9.53 Å². The van der Waals surface area contributed by atoms with E-state index in [0.717, 1.165) is 24.1 Å². The van der Waals surface area contributed by atoms with E-state index >= 15 is 0 Å². The summed E-state index contributed by atoms with van der Waals surface area (Å²) in [7, 11) is 1.70. The molecule has 0 bridgehead atoms. The van der Waals surface area contributed by atoms with Crippen LogP contribution >= 0.6 is 0 Å². The van der Waals surface area contributed by atoms with Crippen LogP contribution in [0.5, 0.6) is 0 Å². The van der Waals surface area contributed by atoms with Crippen molar-refractivity contribution in [3.8, 4) is 0 Å². The molecule has 2 aliphatic rings. The van der Waals surface area contributed by atoms with Gasteiger partial charge >= 0.3 is 0 Å². The SMILES string of the molecule is Cn1cnc2c(c1=O)CCN(C(=O)COC1CCCCC1)C2. The summed E-state index contributed by atoms with van der Waals surface area (Å²) >= 11 is 0. The van der Waals surface area contributed by atoms with Gasteiger partial charge in [0.2, 0.25) is 5.91 Å². The van der Waals surface area contributed by atoms with Crippen LogP contribution in [0, 0.1) is 0 Å². The summed E-state index contributed by atoms with van der Waals surface area (Å²) in [6.45, 7) is 1.13. The molecular weight excluding hydrogens is 282 g/mol. The summed E-state index contributed by atoms with van der Waals surface area (Å²) in [5.74, 6) is -0.00120. The number of ether oxygens (including phenoxy) is 1. The van der Waals surface area contributed by atoms with Crippen molar-refractivity contribution in [3.63, 3.8) is 0 Å². The zero-order valence-electron chi connectivity index (χ0n) is 13.1. The van der Waals surface area contributed by atoms with E-state index in [1.807, 2.05) is 0 Å². The molecule has 0 unspecified atom stereocenters. The summed E-state index contributed by atoms with van der Waals surface area (Å²) < 4.78 is 7.24. The van der Waals surface area contributed by atoms with Crippen molar-refractivity contribution in [3.05, 3.63) is 27.9 Å². The Morgan fingerprint density at radius 2 is 2.14 bits per heavy atom. The molecule has 22 heavy (non-hydrogen) atoms. The van der Waals surface area contributed by atoms with Crippen LogP contribution in [0.2, 0.25) is 0 Å². The van der Waals surface area contributed by atoms with E-state index in [2.05, 4.69) is 4.98 Å². The van der Waals surface area contributed by atoms with Crippen LogP contribution in [0.1, 0.15) is 43.4 Å². The summed E-state index contributed by atoms with van der Waals surface area (Å²) in [5.41, 5.74) is 1.46. The van der Waals surface area contributed by atoms with Gasteiger partial charge in [-0.2, -0.15) is 0 Å². The van der Waals surface area contributed by atoms with Crippen LogP contribution in [0.15, 0.2) is 11.1 Å². The molecule has 6 nitrogen and oxygen atoms in total. The Hall–Kier alpha value is -1.69. The van der Waals surface area contributed by atoms with Gasteiger partial charge in [-0.1, -0.05) is 19.3 Å². The molecule has 2 heterocycles. The molecule has 0 aromatic carbocycles. The number of carbonyl (C=O) groups excluding carboxylic acids is 1. The molecular formula is C16H23N3O3. The van der Waals surface area contributed by atoms with E-state index < -0.39 is 0 Å². The summed E-state index contributed by atoms with van der Waals surface area (Å²) in [6, 6.07) is 0. The number of nitrogens with zero attached hydrogens (tertiary/aromatic N) is 3. The molecule has 120 valence electrons. The monoisotopic (exact) mass is 305 g/mol. The molecule has 3 rings (SSSR count). The highest BCUT2D eigenvalue weighted by atomic mass is 16.5. The van der Waals surface area contributed by atoms with Crippen LogP contribution in [-0.2, 0) is 29.5 Å². The maximum Gasteiger partial charge on any atom is 0.256 e. The smallest absolute Gasteiger partial charge is 0.256 e. The molecule has 1 aliphatic carbocycles. The van der Waals surface area contributed by atoms with E-state index in [1.165, 1.54) is 30.2 Å². The predicted octanol–water partition coefficient (Wildman–Crippen LogP) is 1.01. The Morgan fingerprint density at radius 1 is 1.36 bits per heavy atom. The van der Waals surface area contributed by atoms with E-state index in [0.29, 0.717) is 19.5 Å². The highest BCUT2D eigenvalue weighted by Crippen LogP contribution is 2.20. The molecule has 0 radical (unpaired) electrons. The molecule has 1 aromatic heterocycles. The first-order chi connectivity index (χ1) is 10.6. The first-order valence-corrected chi connectivity index (χ1v) is 8.08. The van der Waals surface area contributed by atoms with Crippen molar-refractivity contribution in [2.24, 2.45) is 7.05 Å². The van der Waals surface area contributed by atoms with Gasteiger partial charge in [0.05, 0.1) is 24.7 Å². The Morgan fingerprint density at radius 3 is 2.91 bits per heavy atom. The first-order valence-electron chi connectivity index (χ1n) is 8.08. The zero-order valence-corrected chi connectivity index (χ0v) is 13.1. The third kappa shape index (κ3) is 3.21. The highest BCUT2D eigenvalue weighted by Gasteiger charge is 2.25. The summed E-state index contributed by atoms with van der Waals surface area (Å²) in [5, 5.41) is 0. The Balaban J connectivity index is 1.58. The number of hydrogen-bond acceptors (Lipinski definition) is 4. The van der Waals surface area contributed by atoms with E-state index in [9.17, 15) is 9.59 Å². The second kappa shape index (κ2) is 6.60. The number of aromatic nitrogens is 2. The van der Waals surface area contributed by atoms with Gasteiger partial charge in [0.25, 0.3) is 5.56 Å². The number of rotatable bonds is 3. The minimum atomic E-state index is -0.00412. The molecule has 0 spiro atoms. The number of carbonyl (C=O) groups is 1. The lowest BCUT2D eigenvalue weighted by Crippen LogP contribution is -2.42. The van der Waals surface area contributed by atoms with Crippen molar-refractivity contribution >= 4 is 5.91 Å². The standard InChI is InChI=1S/C16H23N3O3/c1-18-11-17-14-9-19(8-7-13(14)16(18)21)15(20)10-22-12-5-3-2-4-6-12/h11-12H,2-10H2,1H3. The maximum absolute atomic E-state index is 12.3. The van der Waals surface area contributed by atoms with Gasteiger partial charge in [0.1, 0.15) is 6.61 Å². The van der Waals surface area contributed by atoms with Crippen molar-refractivity contribution in [1.82, 2.24) is 14.5 Å². The largest absolute Gasteiger partial charge is 0.368 e. The Kier molecular flexibility index (Phi) is 4.57. The topological polar surface area (TPSA) is 64.4 Å². The summed E-state index contributed by atoms with van der Waals surface area (Å²) in [6.07, 6.45) is 8.13. The van der Waals surface area contributed by atoms with Gasteiger partial charge < -0.3 is 14.2 Å². The van der Waals surface area contributed by atoms with Gasteiger partial charge in [-0.25, -0.2) is 4.98 Å². The number of fused-ring (bicyclic) bond motifs is 1. The van der Waals surface area contributed by atoms with E-state index in [4.69, 9.17) is 4.74 Å². The summed E-state index contributed by atoms with van der Waals surface area (Å²) in [4.78, 5) is 30.3. The predicted molar refractivity (Wildman–Crippen MR) is 81.4 cm³/mol. The minimum Gasteiger partial charge on any atom is -0.368 e. The zero-order chi connectivity index (χ0) is 15.5. The van der Waals surface area contributed by atoms with Crippen molar-refractivity contribution in [2.75, 3.05) is 13.2 Å². The van der Waals surface area contributed by atoms with Crippen molar-refractivity contribution in [2.45, 2.75) is 51.2 Å². The minimum absolute atomic E-state index is 0.00120. The Labute approximate surface area is 130 Å². The molecule has 1 aliphatic heterocycles. The fourth-order valence-corrected chi connectivity index (χ4v) is 3.24. The average Bonchev–Trinajstić information content (AvgIpc) is 2.56. The van der Waals surface area contributed by atoms with E-state index in [1.54, 1.807) is 11.9 Å². The number of amides is 1. The van der Waals surface area contributed by atoms with E-state index in [-0.39, 0.29) is 24.2 Å². The normalized spacial score (nSPS) is 19.0. The van der Waals surface area contributed by atoms with Gasteiger partial charge in [-0.15, -0.1) is 0 Å². The van der Waals surface area contributed by atoms with Crippen LogP contribution in [0.3, 0.4) is 0 Å². The lowest BCUT2D eigenvalue weighted by Gasteiger charge is -2.29. The first kappa shape index (κ1) is 15.2. The Bertz CT molecular complexity index is 605. The quantitative estimate of drug-likeness (QED) is 0.836. The van der Waals surface area contributed by atoms with Gasteiger partial charge in [0, 0.05) is 19.2 Å². The molecule has 1 saturated carbocycles. The molecule has 0 atom stereocenters. The van der Waals surface area contributed by atoms with Gasteiger partial charge in [-0.05, 0) is 19.3 Å². The van der Waals surface area contributed by atoms with Crippen LogP contribution in [0.25, 0.3) is 0 Å². The number of hydrogen-bond donors (Lipinski definition) is 0. The lowest BCUT2D eigenvalue weighted by molar-refractivity contribution is -0.139. The third-order valence-corrected chi connectivity index (χ3v) is 4.63. The van der Waals surface area contributed by atoms with Gasteiger partial charge in [0.15, 0.2) is 0 Å². The van der Waals surface area contributed by atoms with Crippen LogP contribution < -0.4 is 5.56 Å². The van der Waals surface area contributed by atoms with Crippen molar-refractivity contribution in [1.29, 1.82) is 0 Å². The molecule has 1 amide bonds. The number of aryl methyl sites for hydroxylation is 1. The third-order valence-electron chi connectivity index (χ3n) is 4.63. The van der Waals surface area contributed by atoms with Crippen LogP contribution in [0.4, 0.5) is 0 Å². The molecule has 1 fully saturated rings. The fraction of sp³-hybridized carbons (Fsp3) is 0.688. The lowest BCUT2D eigenvalue weighted by atomic mass is 9.98. The molecule has 6 heteroatoms. The average molecular weight is 305 g/mol. The second-order valence-corrected chi connectivity index (χ2v) is 6.22. The maximum atomic E-state index is 12.3. The highest BCUT2D eigenvalue weighted by molar-refractivity contribution is 5.77. The molecule has 1 aromatic rings. The molecule has 0 N–H and O–H groups in total.